The number of nitrogens with zero attached hydrogens (tertiary/aromatic N) is 2. The zero-order valence-corrected chi connectivity index (χ0v) is 22.5. The number of hydrogen-bond acceptors (Lipinski definition) is 4. The van der Waals surface area contributed by atoms with E-state index in [4.69, 9.17) is 55.9 Å². The van der Waals surface area contributed by atoms with E-state index in [1.807, 2.05) is 0 Å². The quantitative estimate of drug-likeness (QED) is 0.388. The van der Waals surface area contributed by atoms with Crippen molar-refractivity contribution in [2.24, 2.45) is 0 Å². The number of piperazine rings is 1. The SMILES string of the molecule is O=C(COc1c(Cl)cc(Cl)cc1Br)N1CCN(C(=O)COc2c(Cl)cc(Cl)cc2Br)CC1. The van der Waals surface area contributed by atoms with Crippen molar-refractivity contribution in [3.8, 4) is 11.5 Å². The first kappa shape index (κ1) is 25.7. The van der Waals surface area contributed by atoms with Gasteiger partial charge in [0.1, 0.15) is 0 Å². The second-order valence-electron chi connectivity index (χ2n) is 6.74. The molecule has 172 valence electrons. The van der Waals surface area contributed by atoms with Gasteiger partial charge in [0.25, 0.3) is 11.8 Å². The summed E-state index contributed by atoms with van der Waals surface area (Å²) >= 11 is 30.7. The first-order valence-corrected chi connectivity index (χ1v) is 12.4. The molecule has 2 aromatic carbocycles. The standard InChI is InChI=1S/C20H16Br2Cl4N2O4/c21-13-5-11(23)7-15(25)19(13)31-9-17(29)27-1-2-28(4-3-27)18(30)10-32-20-14(22)6-12(24)8-16(20)26/h5-8H,1-4,9-10H2. The van der Waals surface area contributed by atoms with Gasteiger partial charge in [-0.1, -0.05) is 46.4 Å². The Labute approximate surface area is 221 Å². The van der Waals surface area contributed by atoms with Gasteiger partial charge in [-0.3, -0.25) is 9.59 Å². The summed E-state index contributed by atoms with van der Waals surface area (Å²) < 4.78 is 12.3. The topological polar surface area (TPSA) is 59.1 Å². The fourth-order valence-electron chi connectivity index (χ4n) is 2.99. The Kier molecular flexibility index (Phi) is 9.23. The normalized spacial score (nSPS) is 13.8. The van der Waals surface area contributed by atoms with Crippen LogP contribution in [0.1, 0.15) is 0 Å². The zero-order chi connectivity index (χ0) is 23.4. The summed E-state index contributed by atoms with van der Waals surface area (Å²) in [7, 11) is 0. The lowest BCUT2D eigenvalue weighted by Gasteiger charge is -2.34. The molecule has 2 aromatic rings. The van der Waals surface area contributed by atoms with Crippen molar-refractivity contribution in [1.29, 1.82) is 0 Å². The summed E-state index contributed by atoms with van der Waals surface area (Å²) in [6.07, 6.45) is 0. The summed E-state index contributed by atoms with van der Waals surface area (Å²) in [5.74, 6) is 0.288. The summed E-state index contributed by atoms with van der Waals surface area (Å²) in [5, 5.41) is 1.52. The number of carbonyl (C=O) groups excluding carboxylic acids is 2. The van der Waals surface area contributed by atoms with Gasteiger partial charge in [0.05, 0.1) is 19.0 Å². The Morgan fingerprint density at radius 3 is 1.38 bits per heavy atom. The van der Waals surface area contributed by atoms with Gasteiger partial charge in [-0.15, -0.1) is 0 Å². The smallest absolute Gasteiger partial charge is 0.260 e. The molecule has 0 spiro atoms. The molecule has 12 heteroatoms. The Morgan fingerprint density at radius 2 is 1.06 bits per heavy atom. The van der Waals surface area contributed by atoms with Gasteiger partial charge in [-0.2, -0.15) is 0 Å². The highest BCUT2D eigenvalue weighted by molar-refractivity contribution is 9.11. The van der Waals surface area contributed by atoms with Crippen LogP contribution in [0.3, 0.4) is 0 Å². The average molecular weight is 650 g/mol. The molecule has 0 bridgehead atoms. The molecule has 6 nitrogen and oxygen atoms in total. The Balaban J connectivity index is 1.47. The van der Waals surface area contributed by atoms with Crippen molar-refractivity contribution >= 4 is 90.1 Å². The van der Waals surface area contributed by atoms with E-state index >= 15 is 0 Å². The minimum Gasteiger partial charge on any atom is -0.481 e. The number of rotatable bonds is 6. The van der Waals surface area contributed by atoms with Crippen LogP contribution in [-0.4, -0.2) is 61.0 Å². The lowest BCUT2D eigenvalue weighted by molar-refractivity contribution is -0.141. The van der Waals surface area contributed by atoms with Crippen LogP contribution < -0.4 is 9.47 Å². The Bertz CT molecular complexity index is 905. The van der Waals surface area contributed by atoms with Crippen LogP contribution in [0.2, 0.25) is 20.1 Å². The number of amides is 2. The number of halogens is 6. The van der Waals surface area contributed by atoms with E-state index in [1.54, 1.807) is 21.9 Å². The van der Waals surface area contributed by atoms with E-state index in [2.05, 4.69) is 31.9 Å². The van der Waals surface area contributed by atoms with Crippen molar-refractivity contribution in [1.82, 2.24) is 9.80 Å². The predicted octanol–water partition coefficient (Wildman–Crippen LogP) is 5.95. The van der Waals surface area contributed by atoms with Crippen LogP contribution in [0.25, 0.3) is 0 Å². The summed E-state index contributed by atoms with van der Waals surface area (Å²) in [6, 6.07) is 6.34. The summed E-state index contributed by atoms with van der Waals surface area (Å²) in [6.45, 7) is 1.17. The molecular weight excluding hydrogens is 634 g/mol. The highest BCUT2D eigenvalue weighted by atomic mass is 79.9. The maximum Gasteiger partial charge on any atom is 0.260 e. The van der Waals surface area contributed by atoms with Gasteiger partial charge in [0, 0.05) is 36.2 Å². The van der Waals surface area contributed by atoms with Crippen molar-refractivity contribution < 1.29 is 19.1 Å². The van der Waals surface area contributed by atoms with Gasteiger partial charge in [-0.05, 0) is 56.1 Å². The second kappa shape index (κ2) is 11.5. The molecule has 0 N–H and O–H groups in total. The van der Waals surface area contributed by atoms with E-state index in [0.717, 1.165) is 0 Å². The maximum atomic E-state index is 12.5. The van der Waals surface area contributed by atoms with E-state index in [0.29, 0.717) is 66.7 Å². The maximum absolute atomic E-state index is 12.5. The summed E-state index contributed by atoms with van der Waals surface area (Å²) in [5.41, 5.74) is 0. The highest BCUT2D eigenvalue weighted by Gasteiger charge is 2.25. The predicted molar refractivity (Wildman–Crippen MR) is 132 cm³/mol. The number of carbonyl (C=O) groups is 2. The number of ether oxygens (including phenoxy) is 2. The van der Waals surface area contributed by atoms with Gasteiger partial charge >= 0.3 is 0 Å². The number of benzene rings is 2. The van der Waals surface area contributed by atoms with Crippen molar-refractivity contribution in [2.75, 3.05) is 39.4 Å². The fourth-order valence-corrected chi connectivity index (χ4v) is 5.73. The third kappa shape index (κ3) is 6.58. The molecule has 3 rings (SSSR count). The fraction of sp³-hybridized carbons (Fsp3) is 0.300. The van der Waals surface area contributed by atoms with Crippen LogP contribution in [0.15, 0.2) is 33.2 Å². The largest absolute Gasteiger partial charge is 0.481 e. The molecule has 1 saturated heterocycles. The van der Waals surface area contributed by atoms with Crippen molar-refractivity contribution in [3.63, 3.8) is 0 Å². The van der Waals surface area contributed by atoms with Crippen molar-refractivity contribution in [2.45, 2.75) is 0 Å². The van der Waals surface area contributed by atoms with E-state index in [-0.39, 0.29) is 25.0 Å². The molecule has 0 radical (unpaired) electrons. The zero-order valence-electron chi connectivity index (χ0n) is 16.3. The molecular formula is C20H16Br2Cl4N2O4. The molecule has 1 fully saturated rings. The van der Waals surface area contributed by atoms with Crippen LogP contribution in [0.4, 0.5) is 0 Å². The van der Waals surface area contributed by atoms with E-state index in [9.17, 15) is 9.59 Å². The van der Waals surface area contributed by atoms with Crippen LogP contribution in [0, 0.1) is 0 Å². The summed E-state index contributed by atoms with van der Waals surface area (Å²) in [4.78, 5) is 28.3. The number of hydrogen-bond donors (Lipinski definition) is 0. The minimum absolute atomic E-state index is 0.180. The molecule has 0 unspecified atom stereocenters. The third-order valence-electron chi connectivity index (χ3n) is 4.59. The second-order valence-corrected chi connectivity index (χ2v) is 10.1. The highest BCUT2D eigenvalue weighted by Crippen LogP contribution is 2.37. The van der Waals surface area contributed by atoms with Gasteiger partial charge in [0.15, 0.2) is 24.7 Å². The molecule has 0 saturated carbocycles. The molecule has 2 amide bonds. The van der Waals surface area contributed by atoms with Gasteiger partial charge in [-0.25, -0.2) is 0 Å². The first-order valence-electron chi connectivity index (χ1n) is 9.26. The van der Waals surface area contributed by atoms with Gasteiger partial charge < -0.3 is 19.3 Å². The monoisotopic (exact) mass is 646 g/mol. The minimum atomic E-state index is -0.205. The van der Waals surface area contributed by atoms with Crippen LogP contribution in [-0.2, 0) is 9.59 Å². The molecule has 1 heterocycles. The van der Waals surface area contributed by atoms with Crippen LogP contribution >= 0.6 is 78.3 Å². The lowest BCUT2D eigenvalue weighted by atomic mass is 10.3. The van der Waals surface area contributed by atoms with E-state index in [1.165, 1.54) is 12.1 Å². The molecule has 1 aliphatic rings. The third-order valence-corrected chi connectivity index (χ3v) is 6.77. The molecule has 1 aliphatic heterocycles. The van der Waals surface area contributed by atoms with E-state index < -0.39 is 0 Å². The van der Waals surface area contributed by atoms with Crippen LogP contribution in [0.5, 0.6) is 11.5 Å². The molecule has 0 aliphatic carbocycles. The van der Waals surface area contributed by atoms with Gasteiger partial charge in [0.2, 0.25) is 0 Å². The Hall–Kier alpha value is -0.900. The molecule has 32 heavy (non-hydrogen) atoms. The molecule has 0 atom stereocenters. The Morgan fingerprint density at radius 1 is 0.719 bits per heavy atom. The first-order chi connectivity index (χ1) is 15.2. The van der Waals surface area contributed by atoms with Crippen molar-refractivity contribution in [3.05, 3.63) is 53.3 Å². The molecule has 0 aromatic heterocycles. The average Bonchev–Trinajstić information content (AvgIpc) is 2.72. The lowest BCUT2D eigenvalue weighted by Crippen LogP contribution is -2.52.